The zero-order valence-corrected chi connectivity index (χ0v) is 14.1. The molecule has 1 fully saturated rings. The summed E-state index contributed by atoms with van der Waals surface area (Å²) in [4.78, 5) is 0. The molecule has 3 unspecified atom stereocenters. The minimum Gasteiger partial charge on any atom is -0.378 e. The molecule has 3 atom stereocenters. The van der Waals surface area contributed by atoms with Crippen molar-refractivity contribution < 1.29 is 4.74 Å². The summed E-state index contributed by atoms with van der Waals surface area (Å²) in [7, 11) is 0. The molecule has 1 heterocycles. The van der Waals surface area contributed by atoms with Crippen molar-refractivity contribution in [2.75, 3.05) is 13.2 Å². The van der Waals surface area contributed by atoms with Gasteiger partial charge in [0.1, 0.15) is 0 Å². The second-order valence-electron chi connectivity index (χ2n) is 6.64. The molecule has 1 N–H and O–H groups in total. The fourth-order valence-electron chi connectivity index (χ4n) is 3.54. The van der Waals surface area contributed by atoms with Crippen molar-refractivity contribution in [2.45, 2.75) is 59.1 Å². The van der Waals surface area contributed by atoms with Gasteiger partial charge in [0.05, 0.1) is 6.10 Å². The Morgan fingerprint density at radius 1 is 1.19 bits per heavy atom. The van der Waals surface area contributed by atoms with Crippen LogP contribution in [0, 0.1) is 11.8 Å². The lowest BCUT2D eigenvalue weighted by Gasteiger charge is -2.28. The van der Waals surface area contributed by atoms with E-state index in [0.29, 0.717) is 24.0 Å². The number of hydrogen-bond acceptors (Lipinski definition) is 2. The summed E-state index contributed by atoms with van der Waals surface area (Å²) in [5, 5.41) is 3.69. The Labute approximate surface area is 130 Å². The van der Waals surface area contributed by atoms with Crippen LogP contribution in [0.1, 0.15) is 57.7 Å². The van der Waals surface area contributed by atoms with E-state index in [1.807, 2.05) is 0 Å². The fraction of sp³-hybridized carbons (Fsp3) is 0.684. The molecule has 0 aliphatic carbocycles. The first-order valence-corrected chi connectivity index (χ1v) is 8.59. The van der Waals surface area contributed by atoms with Crippen molar-refractivity contribution in [3.8, 4) is 0 Å². The molecule has 0 amide bonds. The molecule has 1 aliphatic heterocycles. The van der Waals surface area contributed by atoms with E-state index in [9.17, 15) is 0 Å². The molecule has 1 aromatic carbocycles. The topological polar surface area (TPSA) is 21.3 Å². The number of ether oxygens (including phenoxy) is 1. The smallest absolute Gasteiger partial charge is 0.0619 e. The molecular weight excluding hydrogens is 258 g/mol. The second-order valence-corrected chi connectivity index (χ2v) is 6.64. The summed E-state index contributed by atoms with van der Waals surface area (Å²) in [6.07, 6.45) is 3.85. The van der Waals surface area contributed by atoms with E-state index >= 15 is 0 Å². The zero-order chi connectivity index (χ0) is 15.2. The highest BCUT2D eigenvalue weighted by Crippen LogP contribution is 2.35. The van der Waals surface area contributed by atoms with E-state index in [4.69, 9.17) is 4.74 Å². The normalized spacial score (nSPS) is 23.7. The fourth-order valence-corrected chi connectivity index (χ4v) is 3.54. The Balaban J connectivity index is 2.14. The van der Waals surface area contributed by atoms with Crippen molar-refractivity contribution in [2.24, 2.45) is 11.8 Å². The highest BCUT2D eigenvalue weighted by molar-refractivity contribution is 5.26. The Morgan fingerprint density at radius 2 is 1.90 bits per heavy atom. The predicted molar refractivity (Wildman–Crippen MR) is 89.5 cm³/mol. The summed E-state index contributed by atoms with van der Waals surface area (Å²) in [5.41, 5.74) is 2.86. The van der Waals surface area contributed by atoms with Gasteiger partial charge in [-0.3, -0.25) is 0 Å². The van der Waals surface area contributed by atoms with E-state index in [0.717, 1.165) is 26.0 Å². The molecule has 0 spiro atoms. The first-order chi connectivity index (χ1) is 10.2. The monoisotopic (exact) mass is 289 g/mol. The maximum absolute atomic E-state index is 5.90. The molecule has 21 heavy (non-hydrogen) atoms. The van der Waals surface area contributed by atoms with Gasteiger partial charge in [0.2, 0.25) is 0 Å². The SMILES string of the molecule is CCNC(c1ccc(CC(C)C)cc1)C1CCOC1CC. The minimum atomic E-state index is 0.407. The van der Waals surface area contributed by atoms with Gasteiger partial charge in [-0.25, -0.2) is 0 Å². The Kier molecular flexibility index (Phi) is 6.25. The molecule has 118 valence electrons. The van der Waals surface area contributed by atoms with E-state index in [-0.39, 0.29) is 0 Å². The van der Waals surface area contributed by atoms with Crippen molar-refractivity contribution in [3.63, 3.8) is 0 Å². The largest absolute Gasteiger partial charge is 0.378 e. The van der Waals surface area contributed by atoms with Gasteiger partial charge >= 0.3 is 0 Å². The van der Waals surface area contributed by atoms with Crippen LogP contribution in [0.3, 0.4) is 0 Å². The summed E-state index contributed by atoms with van der Waals surface area (Å²) < 4.78 is 5.90. The maximum Gasteiger partial charge on any atom is 0.0619 e. The van der Waals surface area contributed by atoms with Gasteiger partial charge in [0.25, 0.3) is 0 Å². The van der Waals surface area contributed by atoms with E-state index in [1.165, 1.54) is 17.5 Å². The van der Waals surface area contributed by atoms with Crippen molar-refractivity contribution in [1.29, 1.82) is 0 Å². The average Bonchev–Trinajstić information content (AvgIpc) is 2.93. The van der Waals surface area contributed by atoms with Crippen LogP contribution in [0.25, 0.3) is 0 Å². The highest BCUT2D eigenvalue weighted by Gasteiger charge is 2.33. The lowest BCUT2D eigenvalue weighted by atomic mass is 9.86. The Bertz CT molecular complexity index is 412. The third-order valence-electron chi connectivity index (χ3n) is 4.50. The Hall–Kier alpha value is -0.860. The summed E-state index contributed by atoms with van der Waals surface area (Å²) in [6, 6.07) is 9.66. The molecule has 1 aliphatic rings. The zero-order valence-electron chi connectivity index (χ0n) is 14.1. The van der Waals surface area contributed by atoms with Gasteiger partial charge in [-0.05, 0) is 42.9 Å². The van der Waals surface area contributed by atoms with Crippen LogP contribution in [-0.2, 0) is 11.2 Å². The van der Waals surface area contributed by atoms with Crippen LogP contribution in [0.2, 0.25) is 0 Å². The van der Waals surface area contributed by atoms with Crippen LogP contribution in [0.5, 0.6) is 0 Å². The third kappa shape index (κ3) is 4.31. The highest BCUT2D eigenvalue weighted by atomic mass is 16.5. The molecule has 2 heteroatoms. The van der Waals surface area contributed by atoms with Crippen LogP contribution in [-0.4, -0.2) is 19.3 Å². The number of nitrogens with one attached hydrogen (secondary N) is 1. The summed E-state index contributed by atoms with van der Waals surface area (Å²) >= 11 is 0. The van der Waals surface area contributed by atoms with Gasteiger partial charge in [0.15, 0.2) is 0 Å². The average molecular weight is 289 g/mol. The van der Waals surface area contributed by atoms with Gasteiger partial charge in [-0.1, -0.05) is 52.0 Å². The lowest BCUT2D eigenvalue weighted by Crippen LogP contribution is -2.32. The minimum absolute atomic E-state index is 0.407. The predicted octanol–water partition coefficient (Wildman–Crippen LogP) is 4.35. The number of rotatable bonds is 7. The van der Waals surface area contributed by atoms with Crippen molar-refractivity contribution in [3.05, 3.63) is 35.4 Å². The van der Waals surface area contributed by atoms with Crippen LogP contribution in [0.4, 0.5) is 0 Å². The van der Waals surface area contributed by atoms with Crippen molar-refractivity contribution >= 4 is 0 Å². The lowest BCUT2D eigenvalue weighted by molar-refractivity contribution is 0.0776. The Morgan fingerprint density at radius 3 is 2.48 bits per heavy atom. The third-order valence-corrected chi connectivity index (χ3v) is 4.50. The molecule has 2 nitrogen and oxygen atoms in total. The van der Waals surface area contributed by atoms with E-state index in [1.54, 1.807) is 0 Å². The summed E-state index contributed by atoms with van der Waals surface area (Å²) in [5.74, 6) is 1.32. The van der Waals surface area contributed by atoms with E-state index in [2.05, 4.69) is 57.3 Å². The standard InChI is InChI=1S/C19H31NO/c1-5-18-17(11-12-21-18)19(20-6-2)16-9-7-15(8-10-16)13-14(3)4/h7-10,14,17-20H,5-6,11-13H2,1-4H3. The van der Waals surface area contributed by atoms with Crippen LogP contribution >= 0.6 is 0 Å². The van der Waals surface area contributed by atoms with Gasteiger partial charge < -0.3 is 10.1 Å². The van der Waals surface area contributed by atoms with Crippen molar-refractivity contribution in [1.82, 2.24) is 5.32 Å². The van der Waals surface area contributed by atoms with Crippen LogP contribution in [0.15, 0.2) is 24.3 Å². The van der Waals surface area contributed by atoms with Crippen LogP contribution < -0.4 is 5.32 Å². The quantitative estimate of drug-likeness (QED) is 0.805. The first kappa shape index (κ1) is 16.5. The maximum atomic E-state index is 5.90. The molecule has 0 bridgehead atoms. The van der Waals surface area contributed by atoms with Gasteiger partial charge in [-0.15, -0.1) is 0 Å². The number of benzene rings is 1. The van der Waals surface area contributed by atoms with Gasteiger partial charge in [0, 0.05) is 18.6 Å². The van der Waals surface area contributed by atoms with E-state index < -0.39 is 0 Å². The molecule has 1 saturated heterocycles. The number of hydrogen-bond donors (Lipinski definition) is 1. The van der Waals surface area contributed by atoms with Gasteiger partial charge in [-0.2, -0.15) is 0 Å². The molecule has 0 aromatic heterocycles. The molecule has 0 radical (unpaired) electrons. The molecular formula is C19H31NO. The second kappa shape index (κ2) is 7.95. The molecule has 0 saturated carbocycles. The summed E-state index contributed by atoms with van der Waals surface area (Å²) in [6.45, 7) is 10.9. The first-order valence-electron chi connectivity index (χ1n) is 8.59. The molecule has 1 aromatic rings. The molecule has 2 rings (SSSR count).